The second-order valence-corrected chi connectivity index (χ2v) is 17.5. The van der Waals surface area contributed by atoms with E-state index in [-0.39, 0.29) is 23.2 Å². The van der Waals surface area contributed by atoms with Gasteiger partial charge < -0.3 is 14.6 Å². The Morgan fingerprint density at radius 1 is 0.932 bits per heavy atom. The Kier molecular flexibility index (Phi) is 8.06. The maximum Gasteiger partial charge on any atom is 0.331 e. The summed E-state index contributed by atoms with van der Waals surface area (Å²) in [6.07, 6.45) is 19.4. The normalized spacial score (nSPS) is 40.9. The molecule has 5 fully saturated rings. The van der Waals surface area contributed by atoms with Crippen molar-refractivity contribution in [3.8, 4) is 11.5 Å². The molecule has 5 aliphatic carbocycles. The average molecular weight is 605 g/mol. The first kappa shape index (κ1) is 32.0. The number of carbonyl (C=O) groups is 1. The number of methoxy groups -OCH3 is 1. The Bertz CT molecular complexity index is 1280. The lowest BCUT2D eigenvalue weighted by molar-refractivity contribution is -0.179. The van der Waals surface area contributed by atoms with Gasteiger partial charge >= 0.3 is 5.97 Å². The molecule has 0 saturated heterocycles. The van der Waals surface area contributed by atoms with Crippen molar-refractivity contribution in [2.75, 3.05) is 7.11 Å². The van der Waals surface area contributed by atoms with Crippen LogP contribution in [0.15, 0.2) is 24.3 Å². The molecule has 1 aromatic rings. The third-order valence-electron chi connectivity index (χ3n) is 15.1. The Labute approximate surface area is 267 Å². The number of phenolic OH excluding ortho intramolecular Hbond substituents is 1. The van der Waals surface area contributed by atoms with Crippen LogP contribution in [0.1, 0.15) is 131 Å². The molecule has 0 heterocycles. The highest BCUT2D eigenvalue weighted by Crippen LogP contribution is 2.89. The lowest BCUT2D eigenvalue weighted by atomic mass is 9.41. The summed E-state index contributed by atoms with van der Waals surface area (Å²) in [7, 11) is 1.53. The Hall–Kier alpha value is -1.97. The molecule has 0 aliphatic heterocycles. The number of hydrogen-bond acceptors (Lipinski definition) is 4. The monoisotopic (exact) mass is 604 g/mol. The molecule has 4 heteroatoms. The minimum atomic E-state index is -0.272. The van der Waals surface area contributed by atoms with E-state index in [1.54, 1.807) is 24.3 Å². The van der Waals surface area contributed by atoms with E-state index in [0.29, 0.717) is 33.3 Å². The minimum absolute atomic E-state index is 0.0250. The van der Waals surface area contributed by atoms with Gasteiger partial charge in [0.2, 0.25) is 0 Å². The molecule has 6 rings (SSSR count). The number of benzene rings is 1. The van der Waals surface area contributed by atoms with Gasteiger partial charge in [-0.05, 0) is 133 Å². The van der Waals surface area contributed by atoms with Gasteiger partial charge in [0.15, 0.2) is 11.5 Å². The molecule has 5 saturated carbocycles. The number of ether oxygens (including phenoxy) is 2. The Morgan fingerprint density at radius 2 is 1.66 bits per heavy atom. The Morgan fingerprint density at radius 3 is 2.39 bits per heavy atom. The third kappa shape index (κ3) is 4.69. The molecule has 0 bridgehead atoms. The number of esters is 1. The molecular weight excluding hydrogens is 544 g/mol. The molecule has 244 valence electrons. The summed E-state index contributed by atoms with van der Waals surface area (Å²) in [5.41, 5.74) is 2.69. The van der Waals surface area contributed by atoms with Crippen molar-refractivity contribution >= 4 is 12.0 Å². The van der Waals surface area contributed by atoms with E-state index in [1.807, 2.05) is 0 Å². The topological polar surface area (TPSA) is 55.8 Å². The SMILES string of the molecule is COc1cc(/C=C/C(=O)OC2CCC34CC35CCC3(C)C(C(C)CCCC(C)C)CCC3(C)C5CCC4C2(C)C)ccc1O. The summed E-state index contributed by atoms with van der Waals surface area (Å²) in [4.78, 5) is 13.1. The van der Waals surface area contributed by atoms with Crippen LogP contribution in [-0.4, -0.2) is 24.3 Å². The van der Waals surface area contributed by atoms with Crippen LogP contribution in [0.4, 0.5) is 0 Å². The number of carbonyl (C=O) groups excluding carboxylic acids is 1. The van der Waals surface area contributed by atoms with Crippen molar-refractivity contribution in [2.45, 2.75) is 132 Å². The average Bonchev–Trinajstić information content (AvgIpc) is 3.55. The fourth-order valence-corrected chi connectivity index (χ4v) is 12.7. The van der Waals surface area contributed by atoms with Crippen molar-refractivity contribution in [1.82, 2.24) is 0 Å². The molecule has 0 amide bonds. The van der Waals surface area contributed by atoms with Gasteiger partial charge in [0, 0.05) is 11.5 Å². The summed E-state index contributed by atoms with van der Waals surface area (Å²) < 4.78 is 11.5. The summed E-state index contributed by atoms with van der Waals surface area (Å²) in [6, 6.07) is 5.09. The zero-order valence-corrected chi connectivity index (χ0v) is 29.0. The van der Waals surface area contributed by atoms with Crippen LogP contribution in [-0.2, 0) is 9.53 Å². The third-order valence-corrected chi connectivity index (χ3v) is 15.1. The van der Waals surface area contributed by atoms with Crippen LogP contribution in [0.5, 0.6) is 11.5 Å². The second kappa shape index (κ2) is 11.1. The van der Waals surface area contributed by atoms with Gasteiger partial charge in [-0.3, -0.25) is 0 Å². The van der Waals surface area contributed by atoms with Crippen LogP contribution >= 0.6 is 0 Å². The van der Waals surface area contributed by atoms with Crippen molar-refractivity contribution < 1.29 is 19.4 Å². The lowest BCUT2D eigenvalue weighted by Crippen LogP contribution is -2.58. The van der Waals surface area contributed by atoms with Gasteiger partial charge in [0.25, 0.3) is 0 Å². The summed E-state index contributed by atoms with van der Waals surface area (Å²) in [6.45, 7) is 17.6. The second-order valence-electron chi connectivity index (χ2n) is 17.5. The molecule has 0 aromatic heterocycles. The van der Waals surface area contributed by atoms with E-state index in [2.05, 4.69) is 48.5 Å². The largest absolute Gasteiger partial charge is 0.504 e. The number of phenols is 1. The highest BCUT2D eigenvalue weighted by Gasteiger charge is 2.82. The smallest absolute Gasteiger partial charge is 0.331 e. The highest BCUT2D eigenvalue weighted by atomic mass is 16.5. The van der Waals surface area contributed by atoms with Gasteiger partial charge in [-0.15, -0.1) is 0 Å². The van der Waals surface area contributed by atoms with E-state index in [0.717, 1.165) is 35.7 Å². The summed E-state index contributed by atoms with van der Waals surface area (Å²) in [5, 5.41) is 9.88. The van der Waals surface area contributed by atoms with Crippen LogP contribution in [0.3, 0.4) is 0 Å². The summed E-state index contributed by atoms with van der Waals surface area (Å²) in [5.74, 6) is 4.24. The van der Waals surface area contributed by atoms with Crippen LogP contribution in [0.2, 0.25) is 0 Å². The maximum atomic E-state index is 13.1. The lowest BCUT2D eigenvalue weighted by Gasteiger charge is -2.63. The van der Waals surface area contributed by atoms with E-state index in [1.165, 1.54) is 83.8 Å². The molecular formula is C40H60O4. The van der Waals surface area contributed by atoms with Crippen LogP contribution in [0.25, 0.3) is 6.08 Å². The molecule has 0 radical (unpaired) electrons. The highest BCUT2D eigenvalue weighted by molar-refractivity contribution is 5.87. The standard InChI is InChI=1S/C40H60O4/c1-26(2)10-9-11-27(3)29-18-20-38(7)33-16-15-32-36(4,5)34(19-21-39(32)25-40(33,39)23-22-37(29,38)6)44-35(42)17-13-28-12-14-30(41)31(24-28)43-8/h12-14,17,24,26-27,29,32-34,41H,9-11,15-16,18-23,25H2,1-8H3/b17-13+. The van der Waals surface area contributed by atoms with Crippen LogP contribution < -0.4 is 4.74 Å². The van der Waals surface area contributed by atoms with Gasteiger partial charge in [-0.2, -0.15) is 0 Å². The van der Waals surface area contributed by atoms with E-state index in [9.17, 15) is 9.90 Å². The number of aromatic hydroxyl groups is 1. The van der Waals surface area contributed by atoms with E-state index >= 15 is 0 Å². The van der Waals surface area contributed by atoms with Gasteiger partial charge in [-0.1, -0.05) is 73.8 Å². The van der Waals surface area contributed by atoms with E-state index < -0.39 is 0 Å². The Balaban J connectivity index is 1.14. The molecule has 9 atom stereocenters. The molecule has 1 N–H and O–H groups in total. The van der Waals surface area contributed by atoms with Gasteiger partial charge in [-0.25, -0.2) is 4.79 Å². The first-order valence-corrected chi connectivity index (χ1v) is 18.0. The van der Waals surface area contributed by atoms with Crippen molar-refractivity contribution in [1.29, 1.82) is 0 Å². The fourth-order valence-electron chi connectivity index (χ4n) is 12.7. The van der Waals surface area contributed by atoms with Crippen molar-refractivity contribution in [3.05, 3.63) is 29.8 Å². The molecule has 44 heavy (non-hydrogen) atoms. The van der Waals surface area contributed by atoms with Gasteiger partial charge in [0.05, 0.1) is 7.11 Å². The van der Waals surface area contributed by atoms with E-state index in [4.69, 9.17) is 9.47 Å². The van der Waals surface area contributed by atoms with Crippen molar-refractivity contribution in [3.63, 3.8) is 0 Å². The molecule has 5 aliphatic rings. The first-order valence-electron chi connectivity index (χ1n) is 18.0. The number of rotatable bonds is 9. The molecule has 9 unspecified atom stereocenters. The quantitative estimate of drug-likeness (QED) is 0.225. The maximum absolute atomic E-state index is 13.1. The summed E-state index contributed by atoms with van der Waals surface area (Å²) >= 11 is 0. The van der Waals surface area contributed by atoms with Crippen LogP contribution in [0, 0.1) is 56.7 Å². The molecule has 1 aromatic carbocycles. The zero-order chi connectivity index (χ0) is 31.7. The minimum Gasteiger partial charge on any atom is -0.504 e. The first-order chi connectivity index (χ1) is 20.7. The predicted octanol–water partition coefficient (Wildman–Crippen LogP) is 10.2. The predicted molar refractivity (Wildman–Crippen MR) is 178 cm³/mol. The molecule has 2 spiro atoms. The zero-order valence-electron chi connectivity index (χ0n) is 29.0. The molecule has 4 nitrogen and oxygen atoms in total. The van der Waals surface area contributed by atoms with Crippen molar-refractivity contribution in [2.24, 2.45) is 56.7 Å². The number of hydrogen-bond donors (Lipinski definition) is 1. The fraction of sp³-hybridized carbons (Fsp3) is 0.775. The van der Waals surface area contributed by atoms with Gasteiger partial charge in [0.1, 0.15) is 6.10 Å². The number of fused-ring (bicyclic) bond motifs is 2.